The van der Waals surface area contributed by atoms with Gasteiger partial charge in [0, 0.05) is 10.4 Å². The Kier molecular flexibility index (Phi) is 42.6. The van der Waals surface area contributed by atoms with E-state index in [-0.39, 0.29) is 62.7 Å². The number of rotatable bonds is 0. The standard InChI is InChI=1S/ClH.Co.Fe.Ni.H2O4S/c;;;;1-5(2,3)4/h1H;;;;(H2,1,2,3,4)/q;3*+2;/p-3. The van der Waals surface area contributed by atoms with Gasteiger partial charge in [-0.2, -0.15) is 0 Å². The van der Waals surface area contributed by atoms with Crippen LogP contribution in [0.5, 0.6) is 0 Å². The number of hydrogen-bond donors (Lipinski definition) is 0. The van der Waals surface area contributed by atoms with Crippen molar-refractivity contribution in [1.29, 1.82) is 0 Å². The predicted octanol–water partition coefficient (Wildman–Crippen LogP) is -4.34. The van der Waals surface area contributed by atoms with Crippen molar-refractivity contribution in [2.75, 3.05) is 0 Å². The third-order valence-electron chi connectivity index (χ3n) is 0. The molecule has 0 aliphatic carbocycles. The first-order valence-electron chi connectivity index (χ1n) is 0.667. The maximum absolute atomic E-state index is 8.52. The zero-order chi connectivity index (χ0) is 4.50. The molecule has 61 valence electrons. The maximum Gasteiger partial charge on any atom is 2.00 e. The van der Waals surface area contributed by atoms with E-state index in [9.17, 15) is 0 Å². The van der Waals surface area contributed by atoms with Crippen molar-refractivity contribution in [2.45, 2.75) is 0 Å². The zero-order valence-electron chi connectivity index (χ0n) is 3.42. The summed E-state index contributed by atoms with van der Waals surface area (Å²) >= 11 is 0. The number of halogens is 1. The van der Waals surface area contributed by atoms with E-state index in [0.29, 0.717) is 0 Å². The Hall–Kier alpha value is 1.68. The van der Waals surface area contributed by atoms with Gasteiger partial charge in [-0.25, -0.2) is 0 Å². The minimum Gasteiger partial charge on any atom is -1.00 e. The molecule has 0 fully saturated rings. The molecule has 0 unspecified atom stereocenters. The van der Waals surface area contributed by atoms with E-state index in [4.69, 9.17) is 17.5 Å². The van der Waals surface area contributed by atoms with Crippen LogP contribution in [-0.2, 0) is 60.7 Å². The fraction of sp³-hybridized carbons (Fsp3) is 0. The van der Waals surface area contributed by atoms with Crippen molar-refractivity contribution in [1.82, 2.24) is 0 Å². The van der Waals surface area contributed by atoms with Crippen molar-refractivity contribution < 1.29 is 80.3 Å². The Bertz CT molecular complexity index is 104. The minimum atomic E-state index is -5.17. The monoisotopic (exact) mass is 304 g/mol. The normalized spacial score (nSPS) is 6.44. The molecule has 0 aromatic rings. The second-order valence-electron chi connectivity index (χ2n) is 0.408. The molecule has 0 saturated heterocycles. The molecule has 0 aliphatic rings. The van der Waals surface area contributed by atoms with E-state index in [0.717, 1.165) is 0 Å². The van der Waals surface area contributed by atoms with E-state index in [1.165, 1.54) is 0 Å². The third kappa shape index (κ3) is 202. The first-order valence-corrected chi connectivity index (χ1v) is 2.00. The molecule has 0 N–H and O–H groups in total. The smallest absolute Gasteiger partial charge is 1.00 e. The van der Waals surface area contributed by atoms with Crippen LogP contribution in [0.15, 0.2) is 0 Å². The van der Waals surface area contributed by atoms with Crippen LogP contribution in [0.3, 0.4) is 0 Å². The summed E-state index contributed by atoms with van der Waals surface area (Å²) in [5.74, 6) is 0. The van der Waals surface area contributed by atoms with Gasteiger partial charge in [-0.3, -0.25) is 8.42 Å². The Morgan fingerprint density at radius 1 is 1.11 bits per heavy atom. The van der Waals surface area contributed by atoms with Gasteiger partial charge in [0.15, 0.2) is 0 Å². The van der Waals surface area contributed by atoms with Crippen LogP contribution < -0.4 is 12.4 Å². The summed E-state index contributed by atoms with van der Waals surface area (Å²) in [4.78, 5) is 0. The Balaban J connectivity index is -0.0000000133. The molecule has 1 radical (unpaired) electrons. The predicted molar refractivity (Wildman–Crippen MR) is 10.5 cm³/mol. The molecule has 0 spiro atoms. The fourth-order valence-corrected chi connectivity index (χ4v) is 0. The molecule has 0 aromatic heterocycles. The summed E-state index contributed by atoms with van der Waals surface area (Å²) in [5, 5.41) is 0. The number of hydrogen-bond acceptors (Lipinski definition) is 4. The third-order valence-corrected chi connectivity index (χ3v) is 0. The van der Waals surface area contributed by atoms with Crippen molar-refractivity contribution in [2.24, 2.45) is 0 Å². The Labute approximate surface area is 90.1 Å². The molecule has 0 atom stereocenters. The molecule has 0 saturated carbocycles. The molecular formula is ClCoFeNiO4S+3. The van der Waals surface area contributed by atoms with Gasteiger partial charge < -0.3 is 21.5 Å². The quantitative estimate of drug-likeness (QED) is 0.257. The molecule has 0 amide bonds. The van der Waals surface area contributed by atoms with Crippen LogP contribution in [-0.4, -0.2) is 17.5 Å². The molecular weight excluding hydrogens is 305 g/mol. The molecule has 0 bridgehead atoms. The first-order chi connectivity index (χ1) is 2.00. The molecule has 0 aliphatic heterocycles. The average molecular weight is 305 g/mol. The van der Waals surface area contributed by atoms with Gasteiger partial charge >= 0.3 is 50.3 Å². The zero-order valence-corrected chi connectivity index (χ0v) is 8.13. The van der Waals surface area contributed by atoms with Crippen LogP contribution in [0.25, 0.3) is 0 Å². The van der Waals surface area contributed by atoms with Crippen molar-refractivity contribution in [3.8, 4) is 0 Å². The van der Waals surface area contributed by atoms with E-state index in [2.05, 4.69) is 0 Å². The van der Waals surface area contributed by atoms with Crippen molar-refractivity contribution in [3.05, 3.63) is 0 Å². The second kappa shape index (κ2) is 12.4. The Morgan fingerprint density at radius 3 is 1.11 bits per heavy atom. The van der Waals surface area contributed by atoms with Crippen molar-refractivity contribution >= 4 is 10.4 Å². The van der Waals surface area contributed by atoms with Gasteiger partial charge in [0.05, 0.1) is 0 Å². The summed E-state index contributed by atoms with van der Waals surface area (Å²) in [6.45, 7) is 0. The van der Waals surface area contributed by atoms with Gasteiger partial charge in [-0.05, 0) is 0 Å². The molecule has 0 aromatic carbocycles. The van der Waals surface area contributed by atoms with Crippen LogP contribution in [0.2, 0.25) is 0 Å². The first kappa shape index (κ1) is 31.0. The molecule has 9 heavy (non-hydrogen) atoms. The van der Waals surface area contributed by atoms with Gasteiger partial charge in [0.1, 0.15) is 0 Å². The van der Waals surface area contributed by atoms with Crippen LogP contribution in [0.1, 0.15) is 0 Å². The largest absolute Gasteiger partial charge is 2.00 e. The molecule has 4 nitrogen and oxygen atoms in total. The van der Waals surface area contributed by atoms with Crippen LogP contribution >= 0.6 is 0 Å². The fourth-order valence-electron chi connectivity index (χ4n) is 0. The van der Waals surface area contributed by atoms with E-state index in [1.807, 2.05) is 0 Å². The van der Waals surface area contributed by atoms with E-state index < -0.39 is 10.4 Å². The van der Waals surface area contributed by atoms with Crippen LogP contribution in [0.4, 0.5) is 0 Å². The average Bonchev–Trinajstić information content (AvgIpc) is 0.722. The minimum absolute atomic E-state index is 0. The van der Waals surface area contributed by atoms with Gasteiger partial charge in [-0.1, -0.05) is 0 Å². The summed E-state index contributed by atoms with van der Waals surface area (Å²) in [6.07, 6.45) is 0. The van der Waals surface area contributed by atoms with Crippen LogP contribution in [0, 0.1) is 0 Å². The second-order valence-corrected chi connectivity index (χ2v) is 1.22. The van der Waals surface area contributed by atoms with Gasteiger partial charge in [0.2, 0.25) is 0 Å². The van der Waals surface area contributed by atoms with Crippen molar-refractivity contribution in [3.63, 3.8) is 0 Å². The maximum atomic E-state index is 8.52. The summed E-state index contributed by atoms with van der Waals surface area (Å²) in [5.41, 5.74) is 0. The van der Waals surface area contributed by atoms with E-state index >= 15 is 0 Å². The topological polar surface area (TPSA) is 80.3 Å². The summed E-state index contributed by atoms with van der Waals surface area (Å²) in [7, 11) is -5.17. The van der Waals surface area contributed by atoms with Gasteiger partial charge in [-0.15, -0.1) is 0 Å². The van der Waals surface area contributed by atoms with Gasteiger partial charge in [0.25, 0.3) is 0 Å². The molecule has 0 heterocycles. The molecule has 0 rings (SSSR count). The van der Waals surface area contributed by atoms with E-state index in [1.54, 1.807) is 0 Å². The summed E-state index contributed by atoms with van der Waals surface area (Å²) in [6, 6.07) is 0. The summed E-state index contributed by atoms with van der Waals surface area (Å²) < 4.78 is 34.1. The SMILES string of the molecule is O=S(=O)([O-])[O-].[Cl-].[Co+2].[Fe+2].[Ni+2]. The Morgan fingerprint density at radius 2 is 1.11 bits per heavy atom. The molecule has 9 heteroatoms.